The van der Waals surface area contributed by atoms with Crippen LogP contribution in [0.15, 0.2) is 47.4 Å². The first-order chi connectivity index (χ1) is 10.8. The van der Waals surface area contributed by atoms with Gasteiger partial charge in [-0.25, -0.2) is 13.2 Å². The molecule has 0 atom stereocenters. The highest BCUT2D eigenvalue weighted by Gasteiger charge is 2.15. The van der Waals surface area contributed by atoms with E-state index in [2.05, 4.69) is 4.72 Å². The predicted octanol–water partition coefficient (Wildman–Crippen LogP) is 2.57. The number of hydrogen-bond donors (Lipinski definition) is 2. The van der Waals surface area contributed by atoms with Gasteiger partial charge in [0.2, 0.25) is 0 Å². The lowest BCUT2D eigenvalue weighted by Crippen LogP contribution is -2.14. The molecule has 2 N–H and O–H groups in total. The Kier molecular flexibility index (Phi) is 4.90. The third-order valence-corrected chi connectivity index (χ3v) is 4.50. The van der Waals surface area contributed by atoms with E-state index in [1.807, 2.05) is 26.0 Å². The molecule has 122 valence electrons. The maximum atomic E-state index is 12.4. The SMILES string of the molecule is Cc1ccc(NS(=O)(=O)c2ccc(OCC(=O)O)cc2)c(C)c1. The Morgan fingerprint density at radius 2 is 1.78 bits per heavy atom. The van der Waals surface area contributed by atoms with Crippen LogP contribution in [0.1, 0.15) is 11.1 Å². The van der Waals surface area contributed by atoms with Crippen molar-refractivity contribution in [1.82, 2.24) is 0 Å². The van der Waals surface area contributed by atoms with Gasteiger partial charge in [0.05, 0.1) is 10.6 Å². The number of nitrogens with one attached hydrogen (secondary N) is 1. The monoisotopic (exact) mass is 335 g/mol. The molecular weight excluding hydrogens is 318 g/mol. The van der Waals surface area contributed by atoms with E-state index in [9.17, 15) is 13.2 Å². The molecule has 0 amide bonds. The Labute approximate surface area is 134 Å². The lowest BCUT2D eigenvalue weighted by Gasteiger charge is -2.11. The largest absolute Gasteiger partial charge is 0.482 e. The van der Waals surface area contributed by atoms with E-state index >= 15 is 0 Å². The zero-order valence-electron chi connectivity index (χ0n) is 12.7. The Hall–Kier alpha value is -2.54. The van der Waals surface area contributed by atoms with Crippen molar-refractivity contribution in [2.24, 2.45) is 0 Å². The summed E-state index contributed by atoms with van der Waals surface area (Å²) in [5, 5.41) is 8.54. The van der Waals surface area contributed by atoms with Gasteiger partial charge < -0.3 is 9.84 Å². The van der Waals surface area contributed by atoms with Gasteiger partial charge in [0.25, 0.3) is 10.0 Å². The standard InChI is InChI=1S/C16H17NO5S/c1-11-3-8-15(12(2)9-11)17-23(20,21)14-6-4-13(5-7-14)22-10-16(18)19/h3-9,17H,10H2,1-2H3,(H,18,19). The number of sulfonamides is 1. The Morgan fingerprint density at radius 3 is 2.35 bits per heavy atom. The number of anilines is 1. The summed E-state index contributed by atoms with van der Waals surface area (Å²) in [5.74, 6) is -0.809. The topological polar surface area (TPSA) is 92.7 Å². The minimum absolute atomic E-state index is 0.0696. The van der Waals surface area contributed by atoms with Crippen molar-refractivity contribution < 1.29 is 23.1 Å². The molecular formula is C16H17NO5S. The number of hydrogen-bond acceptors (Lipinski definition) is 4. The number of carboxylic acids is 1. The molecule has 0 aliphatic rings. The van der Waals surface area contributed by atoms with Crippen LogP contribution in [-0.4, -0.2) is 26.1 Å². The molecule has 0 spiro atoms. The molecule has 0 fully saturated rings. The van der Waals surface area contributed by atoms with Crippen LogP contribution >= 0.6 is 0 Å². The van der Waals surface area contributed by atoms with E-state index < -0.39 is 22.6 Å². The zero-order chi connectivity index (χ0) is 17.0. The molecule has 0 aliphatic carbocycles. The van der Waals surface area contributed by atoms with Gasteiger partial charge in [-0.1, -0.05) is 17.7 Å². The molecule has 6 nitrogen and oxygen atoms in total. The molecule has 0 aromatic heterocycles. The fourth-order valence-corrected chi connectivity index (χ4v) is 3.12. The number of ether oxygens (including phenoxy) is 1. The maximum Gasteiger partial charge on any atom is 0.341 e. The molecule has 23 heavy (non-hydrogen) atoms. The van der Waals surface area contributed by atoms with Gasteiger partial charge >= 0.3 is 5.97 Å². The molecule has 2 rings (SSSR count). The van der Waals surface area contributed by atoms with Crippen LogP contribution in [0, 0.1) is 13.8 Å². The summed E-state index contributed by atoms with van der Waals surface area (Å²) >= 11 is 0. The van der Waals surface area contributed by atoms with E-state index in [0.29, 0.717) is 5.69 Å². The smallest absolute Gasteiger partial charge is 0.341 e. The van der Waals surface area contributed by atoms with E-state index in [-0.39, 0.29) is 10.6 Å². The van der Waals surface area contributed by atoms with Crippen molar-refractivity contribution in [3.8, 4) is 5.75 Å². The lowest BCUT2D eigenvalue weighted by atomic mass is 10.1. The number of rotatable bonds is 6. The molecule has 0 bridgehead atoms. The summed E-state index contributed by atoms with van der Waals surface area (Å²) in [4.78, 5) is 10.5. The van der Waals surface area contributed by atoms with Crippen LogP contribution in [0.4, 0.5) is 5.69 Å². The normalized spacial score (nSPS) is 11.0. The summed E-state index contributed by atoms with van der Waals surface area (Å²) in [6.45, 7) is 3.28. The van der Waals surface area contributed by atoms with E-state index in [0.717, 1.165) is 11.1 Å². The van der Waals surface area contributed by atoms with Crippen molar-refractivity contribution in [2.45, 2.75) is 18.7 Å². The van der Waals surface area contributed by atoms with Crippen LogP contribution in [0.2, 0.25) is 0 Å². The Morgan fingerprint density at radius 1 is 1.13 bits per heavy atom. The quantitative estimate of drug-likeness (QED) is 0.846. The number of benzene rings is 2. The summed E-state index contributed by atoms with van der Waals surface area (Å²) < 4.78 is 32.2. The molecule has 0 heterocycles. The third kappa shape index (κ3) is 4.46. The fraction of sp³-hybridized carbons (Fsp3) is 0.188. The molecule has 0 radical (unpaired) electrons. The fourth-order valence-electron chi connectivity index (χ4n) is 1.99. The van der Waals surface area contributed by atoms with Gasteiger partial charge in [-0.3, -0.25) is 4.72 Å². The summed E-state index contributed by atoms with van der Waals surface area (Å²) in [6.07, 6.45) is 0. The van der Waals surface area contributed by atoms with Crippen molar-refractivity contribution in [2.75, 3.05) is 11.3 Å². The Bertz CT molecular complexity index is 813. The van der Waals surface area contributed by atoms with Crippen molar-refractivity contribution in [3.63, 3.8) is 0 Å². The predicted molar refractivity (Wildman–Crippen MR) is 86.3 cm³/mol. The van der Waals surface area contributed by atoms with E-state index in [4.69, 9.17) is 9.84 Å². The second-order valence-corrected chi connectivity index (χ2v) is 6.76. The zero-order valence-corrected chi connectivity index (χ0v) is 13.6. The minimum atomic E-state index is -3.72. The molecule has 0 unspecified atom stereocenters. The van der Waals surface area contributed by atoms with E-state index in [1.165, 1.54) is 24.3 Å². The van der Waals surface area contributed by atoms with Crippen LogP contribution in [0.5, 0.6) is 5.75 Å². The molecule has 2 aromatic rings. The van der Waals surface area contributed by atoms with Crippen molar-refractivity contribution in [3.05, 3.63) is 53.6 Å². The van der Waals surface area contributed by atoms with Crippen LogP contribution in [0.3, 0.4) is 0 Å². The van der Waals surface area contributed by atoms with Gasteiger partial charge in [0.1, 0.15) is 5.75 Å². The van der Waals surface area contributed by atoms with Crippen molar-refractivity contribution >= 4 is 21.7 Å². The highest BCUT2D eigenvalue weighted by atomic mass is 32.2. The van der Waals surface area contributed by atoms with Crippen LogP contribution in [0.25, 0.3) is 0 Å². The minimum Gasteiger partial charge on any atom is -0.482 e. The highest BCUT2D eigenvalue weighted by molar-refractivity contribution is 7.92. The van der Waals surface area contributed by atoms with Gasteiger partial charge in [-0.05, 0) is 49.7 Å². The van der Waals surface area contributed by atoms with Crippen molar-refractivity contribution in [1.29, 1.82) is 0 Å². The van der Waals surface area contributed by atoms with Gasteiger partial charge in [-0.15, -0.1) is 0 Å². The maximum absolute atomic E-state index is 12.4. The number of aryl methyl sites for hydroxylation is 2. The summed E-state index contributed by atoms with van der Waals surface area (Å²) in [5.41, 5.74) is 2.39. The second-order valence-electron chi connectivity index (χ2n) is 5.08. The molecule has 2 aromatic carbocycles. The first kappa shape index (κ1) is 16.8. The summed E-state index contributed by atoms with van der Waals surface area (Å²) in [6, 6.07) is 11.0. The first-order valence-corrected chi connectivity index (χ1v) is 8.31. The first-order valence-electron chi connectivity index (χ1n) is 6.83. The van der Waals surface area contributed by atoms with E-state index in [1.54, 1.807) is 6.07 Å². The highest BCUT2D eigenvalue weighted by Crippen LogP contribution is 2.22. The number of carboxylic acid groups (broad SMARTS) is 1. The summed E-state index contributed by atoms with van der Waals surface area (Å²) in [7, 11) is -3.72. The van der Waals surface area contributed by atoms with Crippen LogP contribution < -0.4 is 9.46 Å². The molecule has 0 saturated heterocycles. The lowest BCUT2D eigenvalue weighted by molar-refractivity contribution is -0.139. The molecule has 7 heteroatoms. The van der Waals surface area contributed by atoms with Crippen LogP contribution in [-0.2, 0) is 14.8 Å². The van der Waals surface area contributed by atoms with Gasteiger partial charge in [-0.2, -0.15) is 0 Å². The average molecular weight is 335 g/mol. The molecule has 0 aliphatic heterocycles. The second kappa shape index (κ2) is 6.70. The number of carbonyl (C=O) groups is 1. The Balaban J connectivity index is 2.17. The van der Waals surface area contributed by atoms with Gasteiger partial charge in [0, 0.05) is 0 Å². The average Bonchev–Trinajstić information content (AvgIpc) is 2.48. The number of aliphatic carboxylic acids is 1. The third-order valence-electron chi connectivity index (χ3n) is 3.12. The molecule has 0 saturated carbocycles. The van der Waals surface area contributed by atoms with Gasteiger partial charge in [0.15, 0.2) is 6.61 Å².